The van der Waals surface area contributed by atoms with Crippen LogP contribution in [0, 0.1) is 0 Å². The normalized spacial score (nSPS) is 12.3. The lowest BCUT2D eigenvalue weighted by Crippen LogP contribution is -2.20. The molecule has 1 heterocycles. The Labute approximate surface area is 128 Å². The zero-order chi connectivity index (χ0) is 14.7. The van der Waals surface area contributed by atoms with E-state index in [0.29, 0.717) is 6.54 Å². The quantitative estimate of drug-likeness (QED) is 0.748. The zero-order valence-electron chi connectivity index (χ0n) is 11.9. The fraction of sp³-hybridized carbons (Fsp3) is 0.176. The van der Waals surface area contributed by atoms with Crippen LogP contribution in [0.15, 0.2) is 53.9 Å². The van der Waals surface area contributed by atoms with Crippen LogP contribution < -0.4 is 15.8 Å². The minimum atomic E-state index is 0.0671. The van der Waals surface area contributed by atoms with Crippen molar-refractivity contribution in [2.45, 2.75) is 6.04 Å². The van der Waals surface area contributed by atoms with E-state index in [0.717, 1.165) is 11.4 Å². The standard InChI is InChI=1S/C17H18N2OS/c1-20-16-8-4-3-7-14(16)19-15(10-18)13-11-21-17-9-5-2-6-12(13)17/h2-9,11,15,19H,10,18H2,1H3. The van der Waals surface area contributed by atoms with Gasteiger partial charge in [0.2, 0.25) is 0 Å². The molecule has 4 heteroatoms. The topological polar surface area (TPSA) is 47.3 Å². The summed E-state index contributed by atoms with van der Waals surface area (Å²) in [6, 6.07) is 16.4. The molecule has 0 amide bonds. The molecule has 3 aromatic rings. The predicted molar refractivity (Wildman–Crippen MR) is 90.2 cm³/mol. The van der Waals surface area contributed by atoms with E-state index in [1.165, 1.54) is 15.6 Å². The number of hydrogen-bond donors (Lipinski definition) is 2. The van der Waals surface area contributed by atoms with Gasteiger partial charge in [0.1, 0.15) is 5.75 Å². The first kappa shape index (κ1) is 13.9. The molecule has 0 bridgehead atoms. The third-order valence-corrected chi connectivity index (χ3v) is 4.54. The highest BCUT2D eigenvalue weighted by Gasteiger charge is 2.15. The number of thiophene rings is 1. The van der Waals surface area contributed by atoms with Crippen molar-refractivity contribution in [3.63, 3.8) is 0 Å². The molecule has 1 unspecified atom stereocenters. The fourth-order valence-corrected chi connectivity index (χ4v) is 3.50. The number of anilines is 1. The monoisotopic (exact) mass is 298 g/mol. The van der Waals surface area contributed by atoms with Gasteiger partial charge in [0, 0.05) is 11.2 Å². The number of benzene rings is 2. The highest BCUT2D eigenvalue weighted by atomic mass is 32.1. The van der Waals surface area contributed by atoms with Crippen LogP contribution in [0.1, 0.15) is 11.6 Å². The van der Waals surface area contributed by atoms with Crippen molar-refractivity contribution in [3.05, 3.63) is 59.5 Å². The van der Waals surface area contributed by atoms with E-state index in [4.69, 9.17) is 10.5 Å². The predicted octanol–water partition coefficient (Wildman–Crippen LogP) is 4.02. The SMILES string of the molecule is COc1ccccc1NC(CN)c1csc2ccccc12. The van der Waals surface area contributed by atoms with Gasteiger partial charge in [-0.3, -0.25) is 0 Å². The summed E-state index contributed by atoms with van der Waals surface area (Å²) in [6.07, 6.45) is 0. The Kier molecular flexibility index (Phi) is 4.08. The van der Waals surface area contributed by atoms with Gasteiger partial charge in [-0.25, -0.2) is 0 Å². The van der Waals surface area contributed by atoms with Gasteiger partial charge in [-0.2, -0.15) is 0 Å². The lowest BCUT2D eigenvalue weighted by atomic mass is 10.1. The molecule has 0 spiro atoms. The Balaban J connectivity index is 1.95. The maximum Gasteiger partial charge on any atom is 0.141 e. The van der Waals surface area contributed by atoms with Crippen molar-refractivity contribution in [1.82, 2.24) is 0 Å². The molecule has 0 saturated carbocycles. The summed E-state index contributed by atoms with van der Waals surface area (Å²) in [5.74, 6) is 0.829. The van der Waals surface area contributed by atoms with Gasteiger partial charge >= 0.3 is 0 Å². The van der Waals surface area contributed by atoms with Crippen molar-refractivity contribution in [3.8, 4) is 5.75 Å². The summed E-state index contributed by atoms with van der Waals surface area (Å²) in [5.41, 5.74) is 8.20. The molecule has 1 atom stereocenters. The second-order valence-electron chi connectivity index (χ2n) is 4.82. The van der Waals surface area contributed by atoms with Crippen molar-refractivity contribution in [2.24, 2.45) is 5.73 Å². The first-order chi connectivity index (χ1) is 10.3. The second-order valence-corrected chi connectivity index (χ2v) is 5.73. The van der Waals surface area contributed by atoms with Crippen LogP contribution in [0.4, 0.5) is 5.69 Å². The smallest absolute Gasteiger partial charge is 0.141 e. The summed E-state index contributed by atoms with van der Waals surface area (Å²) in [7, 11) is 1.68. The number of nitrogens with two attached hydrogens (primary N) is 1. The highest BCUT2D eigenvalue weighted by Crippen LogP contribution is 2.33. The Morgan fingerprint density at radius 1 is 1.14 bits per heavy atom. The number of nitrogens with one attached hydrogen (secondary N) is 1. The first-order valence-corrected chi connectivity index (χ1v) is 7.77. The molecular formula is C17H18N2OS. The van der Waals surface area contributed by atoms with E-state index in [-0.39, 0.29) is 6.04 Å². The Morgan fingerprint density at radius 2 is 1.90 bits per heavy atom. The van der Waals surface area contributed by atoms with Crippen LogP contribution in [0.3, 0.4) is 0 Å². The van der Waals surface area contributed by atoms with E-state index >= 15 is 0 Å². The average molecular weight is 298 g/mol. The van der Waals surface area contributed by atoms with E-state index in [9.17, 15) is 0 Å². The summed E-state index contributed by atoms with van der Waals surface area (Å²) in [4.78, 5) is 0. The molecule has 0 saturated heterocycles. The molecule has 0 radical (unpaired) electrons. The minimum Gasteiger partial charge on any atom is -0.495 e. The van der Waals surface area contributed by atoms with Crippen molar-refractivity contribution >= 4 is 27.1 Å². The van der Waals surface area contributed by atoms with Crippen LogP contribution in [0.5, 0.6) is 5.75 Å². The summed E-state index contributed by atoms with van der Waals surface area (Å²) >= 11 is 1.75. The number of para-hydroxylation sites is 2. The molecular weight excluding hydrogens is 280 g/mol. The lowest BCUT2D eigenvalue weighted by molar-refractivity contribution is 0.416. The second kappa shape index (κ2) is 6.16. The molecule has 1 aromatic heterocycles. The maximum atomic E-state index is 6.00. The summed E-state index contributed by atoms with van der Waals surface area (Å²) in [5, 5.41) is 6.95. The van der Waals surface area contributed by atoms with Crippen LogP contribution in [-0.2, 0) is 0 Å². The molecule has 108 valence electrons. The number of hydrogen-bond acceptors (Lipinski definition) is 4. The summed E-state index contributed by atoms with van der Waals surface area (Å²) < 4.78 is 6.68. The molecule has 0 aliphatic rings. The summed E-state index contributed by atoms with van der Waals surface area (Å²) in [6.45, 7) is 0.527. The Bertz CT molecular complexity index is 738. The van der Waals surface area contributed by atoms with E-state index in [1.807, 2.05) is 24.3 Å². The van der Waals surface area contributed by atoms with E-state index in [1.54, 1.807) is 18.4 Å². The number of rotatable bonds is 5. The van der Waals surface area contributed by atoms with Crippen LogP contribution in [0.2, 0.25) is 0 Å². The largest absolute Gasteiger partial charge is 0.495 e. The molecule has 2 aromatic carbocycles. The van der Waals surface area contributed by atoms with Gasteiger partial charge in [-0.1, -0.05) is 30.3 Å². The fourth-order valence-electron chi connectivity index (χ4n) is 2.48. The third kappa shape index (κ3) is 2.73. The number of fused-ring (bicyclic) bond motifs is 1. The van der Waals surface area contributed by atoms with E-state index < -0.39 is 0 Å². The molecule has 3 N–H and O–H groups in total. The van der Waals surface area contributed by atoms with Gasteiger partial charge in [-0.05, 0) is 34.5 Å². The Morgan fingerprint density at radius 3 is 2.71 bits per heavy atom. The van der Waals surface area contributed by atoms with Crippen molar-refractivity contribution in [1.29, 1.82) is 0 Å². The van der Waals surface area contributed by atoms with Crippen LogP contribution >= 0.6 is 11.3 Å². The van der Waals surface area contributed by atoms with Crippen molar-refractivity contribution in [2.75, 3.05) is 19.0 Å². The first-order valence-electron chi connectivity index (χ1n) is 6.89. The minimum absolute atomic E-state index is 0.0671. The molecule has 0 aliphatic carbocycles. The molecule has 21 heavy (non-hydrogen) atoms. The van der Waals surface area contributed by atoms with Gasteiger partial charge < -0.3 is 15.8 Å². The van der Waals surface area contributed by atoms with Gasteiger partial charge in [0.05, 0.1) is 18.8 Å². The van der Waals surface area contributed by atoms with Gasteiger partial charge in [0.25, 0.3) is 0 Å². The average Bonchev–Trinajstić information content (AvgIpc) is 2.97. The Hall–Kier alpha value is -2.04. The highest BCUT2D eigenvalue weighted by molar-refractivity contribution is 7.17. The van der Waals surface area contributed by atoms with Crippen LogP contribution in [0.25, 0.3) is 10.1 Å². The maximum absolute atomic E-state index is 6.00. The number of ether oxygens (including phenoxy) is 1. The van der Waals surface area contributed by atoms with E-state index in [2.05, 4.69) is 35.0 Å². The molecule has 0 aliphatic heterocycles. The van der Waals surface area contributed by atoms with Gasteiger partial charge in [-0.15, -0.1) is 11.3 Å². The molecule has 3 rings (SSSR count). The zero-order valence-corrected chi connectivity index (χ0v) is 12.7. The van der Waals surface area contributed by atoms with Gasteiger partial charge in [0.15, 0.2) is 0 Å². The lowest BCUT2D eigenvalue weighted by Gasteiger charge is -2.19. The third-order valence-electron chi connectivity index (χ3n) is 3.56. The molecule has 3 nitrogen and oxygen atoms in total. The van der Waals surface area contributed by atoms with Crippen molar-refractivity contribution < 1.29 is 4.74 Å². The van der Waals surface area contributed by atoms with Crippen LogP contribution in [-0.4, -0.2) is 13.7 Å². The molecule has 0 fully saturated rings. The number of methoxy groups -OCH3 is 1.